The Morgan fingerprint density at radius 3 is 2.21 bits per heavy atom. The van der Waals surface area contributed by atoms with Gasteiger partial charge in [-0.05, 0) is 38.1 Å². The Hall–Kier alpha value is -0.0400. The summed E-state index contributed by atoms with van der Waals surface area (Å²) in [5.74, 6) is 0.982. The molecule has 0 bridgehead atoms. The first-order valence-electron chi connectivity index (χ1n) is 9.11. The van der Waals surface area contributed by atoms with E-state index in [0.29, 0.717) is 0 Å². The van der Waals surface area contributed by atoms with Crippen LogP contribution in [0, 0.1) is 5.92 Å². The summed E-state index contributed by atoms with van der Waals surface area (Å²) in [4.78, 5) is 0. The molecule has 0 aliphatic heterocycles. The summed E-state index contributed by atoms with van der Waals surface area (Å²) < 4.78 is 0. The first-order valence-corrected chi connectivity index (χ1v) is 9.11. The number of unbranched alkanes of at least 4 members (excludes halogenated alkanes) is 5. The van der Waals surface area contributed by atoms with Crippen LogP contribution in [0.25, 0.3) is 0 Å². The molecule has 19 heavy (non-hydrogen) atoms. The molecule has 0 radical (unpaired) electrons. The molecule has 0 heterocycles. The van der Waals surface area contributed by atoms with Crippen molar-refractivity contribution in [1.29, 1.82) is 0 Å². The van der Waals surface area contributed by atoms with Crippen molar-refractivity contribution in [2.75, 3.05) is 6.54 Å². The summed E-state index contributed by atoms with van der Waals surface area (Å²) >= 11 is 0. The van der Waals surface area contributed by atoms with Gasteiger partial charge in [0.05, 0.1) is 0 Å². The summed E-state index contributed by atoms with van der Waals surface area (Å²) in [6.45, 7) is 5.81. The van der Waals surface area contributed by atoms with E-state index in [-0.39, 0.29) is 0 Å². The molecule has 114 valence electrons. The second kappa shape index (κ2) is 11.8. The van der Waals surface area contributed by atoms with Crippen LogP contribution in [-0.4, -0.2) is 12.6 Å². The molecule has 1 fully saturated rings. The molecule has 1 nitrogen and oxygen atoms in total. The van der Waals surface area contributed by atoms with Crippen LogP contribution >= 0.6 is 0 Å². The molecular weight excluding hydrogens is 230 g/mol. The lowest BCUT2D eigenvalue weighted by Gasteiger charge is -2.31. The predicted octanol–water partition coefficient (Wildman–Crippen LogP) is 5.69. The van der Waals surface area contributed by atoms with Crippen LogP contribution in [0.15, 0.2) is 0 Å². The average Bonchev–Trinajstić information content (AvgIpc) is 2.46. The topological polar surface area (TPSA) is 12.0 Å². The van der Waals surface area contributed by atoms with Gasteiger partial charge in [-0.25, -0.2) is 0 Å². The Kier molecular flexibility index (Phi) is 10.5. The van der Waals surface area contributed by atoms with Gasteiger partial charge in [0.15, 0.2) is 0 Å². The van der Waals surface area contributed by atoms with Gasteiger partial charge in [0.1, 0.15) is 0 Å². The van der Waals surface area contributed by atoms with Crippen molar-refractivity contribution < 1.29 is 0 Å². The van der Waals surface area contributed by atoms with Gasteiger partial charge in [-0.15, -0.1) is 0 Å². The highest BCUT2D eigenvalue weighted by atomic mass is 14.9. The maximum Gasteiger partial charge on any atom is 0.00953 e. The lowest BCUT2D eigenvalue weighted by molar-refractivity contribution is 0.253. The van der Waals surface area contributed by atoms with E-state index >= 15 is 0 Å². The predicted molar refractivity (Wildman–Crippen MR) is 86.6 cm³/mol. The summed E-state index contributed by atoms with van der Waals surface area (Å²) in [5.41, 5.74) is 0. The molecular formula is C18H37N. The van der Waals surface area contributed by atoms with Crippen LogP contribution in [0.3, 0.4) is 0 Å². The molecule has 0 amide bonds. The van der Waals surface area contributed by atoms with Crippen molar-refractivity contribution in [2.45, 2.75) is 103 Å². The molecule has 1 heteroatoms. The first kappa shape index (κ1) is 17.0. The van der Waals surface area contributed by atoms with E-state index in [1.807, 2.05) is 0 Å². The molecule has 1 saturated carbocycles. The number of rotatable bonds is 11. The zero-order chi connectivity index (χ0) is 13.8. The van der Waals surface area contributed by atoms with Gasteiger partial charge in [-0.3, -0.25) is 0 Å². The van der Waals surface area contributed by atoms with E-state index in [1.165, 1.54) is 90.0 Å². The summed E-state index contributed by atoms with van der Waals surface area (Å²) in [5, 5.41) is 3.84. The van der Waals surface area contributed by atoms with E-state index in [9.17, 15) is 0 Å². The Balaban J connectivity index is 2.16. The summed E-state index contributed by atoms with van der Waals surface area (Å²) in [6, 6.07) is 0.825. The Morgan fingerprint density at radius 1 is 0.842 bits per heavy atom. The minimum Gasteiger partial charge on any atom is -0.314 e. The van der Waals surface area contributed by atoms with Crippen LogP contribution in [-0.2, 0) is 0 Å². The molecule has 0 aromatic carbocycles. The fraction of sp³-hybridized carbons (Fsp3) is 1.00. The molecule has 0 aromatic heterocycles. The Morgan fingerprint density at radius 2 is 1.53 bits per heavy atom. The third-order valence-corrected chi connectivity index (χ3v) is 4.74. The van der Waals surface area contributed by atoms with Crippen molar-refractivity contribution in [2.24, 2.45) is 5.92 Å². The molecule has 1 atom stereocenters. The highest BCUT2D eigenvalue weighted by Gasteiger charge is 2.22. The molecule has 1 rings (SSSR count). The van der Waals surface area contributed by atoms with Crippen LogP contribution in [0.1, 0.15) is 97.3 Å². The van der Waals surface area contributed by atoms with Crippen molar-refractivity contribution in [3.05, 3.63) is 0 Å². The average molecular weight is 268 g/mol. The Labute approximate surface area is 121 Å². The number of hydrogen-bond acceptors (Lipinski definition) is 1. The van der Waals surface area contributed by atoms with E-state index in [2.05, 4.69) is 19.2 Å². The third-order valence-electron chi connectivity index (χ3n) is 4.74. The number of hydrogen-bond donors (Lipinski definition) is 1. The maximum atomic E-state index is 3.84. The highest BCUT2D eigenvalue weighted by molar-refractivity contribution is 4.79. The normalized spacial score (nSPS) is 18.6. The minimum absolute atomic E-state index is 0.825. The van der Waals surface area contributed by atoms with Crippen molar-refractivity contribution in [1.82, 2.24) is 5.32 Å². The zero-order valence-electron chi connectivity index (χ0n) is 13.6. The van der Waals surface area contributed by atoms with E-state index in [0.717, 1.165) is 12.0 Å². The van der Waals surface area contributed by atoms with E-state index in [4.69, 9.17) is 0 Å². The van der Waals surface area contributed by atoms with Gasteiger partial charge in [-0.2, -0.15) is 0 Å². The molecule has 1 unspecified atom stereocenters. The minimum atomic E-state index is 0.825. The van der Waals surface area contributed by atoms with E-state index < -0.39 is 0 Å². The fourth-order valence-corrected chi connectivity index (χ4v) is 3.52. The molecule has 1 N–H and O–H groups in total. The smallest absolute Gasteiger partial charge is 0.00953 e. The van der Waals surface area contributed by atoms with Gasteiger partial charge in [0.25, 0.3) is 0 Å². The van der Waals surface area contributed by atoms with Crippen molar-refractivity contribution >= 4 is 0 Å². The van der Waals surface area contributed by atoms with Gasteiger partial charge < -0.3 is 5.32 Å². The molecule has 0 saturated heterocycles. The monoisotopic (exact) mass is 267 g/mol. The molecule has 0 aromatic rings. The molecule has 1 aliphatic carbocycles. The maximum absolute atomic E-state index is 3.84. The van der Waals surface area contributed by atoms with Crippen LogP contribution < -0.4 is 5.32 Å². The fourth-order valence-electron chi connectivity index (χ4n) is 3.52. The second-order valence-corrected chi connectivity index (χ2v) is 6.52. The van der Waals surface area contributed by atoms with Gasteiger partial charge in [0.2, 0.25) is 0 Å². The number of nitrogens with one attached hydrogen (secondary N) is 1. The Bertz CT molecular complexity index is 184. The SMILES string of the molecule is CCCCCCCCC(NCCC)C1CCCCC1. The highest BCUT2D eigenvalue weighted by Crippen LogP contribution is 2.28. The molecule has 0 spiro atoms. The zero-order valence-corrected chi connectivity index (χ0v) is 13.6. The van der Waals surface area contributed by atoms with Crippen LogP contribution in [0.5, 0.6) is 0 Å². The lowest BCUT2D eigenvalue weighted by Crippen LogP contribution is -2.37. The molecule has 1 aliphatic rings. The van der Waals surface area contributed by atoms with Crippen molar-refractivity contribution in [3.8, 4) is 0 Å². The summed E-state index contributed by atoms with van der Waals surface area (Å²) in [7, 11) is 0. The van der Waals surface area contributed by atoms with E-state index in [1.54, 1.807) is 0 Å². The quantitative estimate of drug-likeness (QED) is 0.474. The standard InChI is InChI=1S/C18H37N/c1-3-5-6-7-8-12-15-18(19-16-4-2)17-13-10-9-11-14-17/h17-19H,3-16H2,1-2H3. The largest absolute Gasteiger partial charge is 0.314 e. The lowest BCUT2D eigenvalue weighted by atomic mass is 9.82. The van der Waals surface area contributed by atoms with Crippen LogP contribution in [0.2, 0.25) is 0 Å². The van der Waals surface area contributed by atoms with Gasteiger partial charge in [-0.1, -0.05) is 71.6 Å². The second-order valence-electron chi connectivity index (χ2n) is 6.52. The van der Waals surface area contributed by atoms with Crippen molar-refractivity contribution in [3.63, 3.8) is 0 Å². The van der Waals surface area contributed by atoms with Gasteiger partial charge >= 0.3 is 0 Å². The summed E-state index contributed by atoms with van der Waals surface area (Å²) in [6.07, 6.45) is 18.7. The third kappa shape index (κ3) is 7.97. The first-order chi connectivity index (χ1) is 9.38. The van der Waals surface area contributed by atoms with Crippen LogP contribution in [0.4, 0.5) is 0 Å². The van der Waals surface area contributed by atoms with Gasteiger partial charge in [0, 0.05) is 6.04 Å².